The van der Waals surface area contributed by atoms with Crippen LogP contribution >= 0.6 is 22.9 Å². The highest BCUT2D eigenvalue weighted by Crippen LogP contribution is 2.31. The highest BCUT2D eigenvalue weighted by molar-refractivity contribution is 7.14. The maximum Gasteiger partial charge on any atom is 0.293 e. The lowest BCUT2D eigenvalue weighted by molar-refractivity contribution is -0.0707. The molecule has 28 heavy (non-hydrogen) atoms. The number of benzene rings is 1. The fourth-order valence-electron chi connectivity index (χ4n) is 3.66. The van der Waals surface area contributed by atoms with E-state index in [9.17, 15) is 4.79 Å². The van der Waals surface area contributed by atoms with Crippen LogP contribution in [0.15, 0.2) is 28.0 Å². The highest BCUT2D eigenvalue weighted by atomic mass is 35.5. The van der Waals surface area contributed by atoms with Crippen molar-refractivity contribution in [2.24, 2.45) is 0 Å². The molecule has 1 aromatic carbocycles. The summed E-state index contributed by atoms with van der Waals surface area (Å²) in [5.74, 6) is -0.0602. The molecule has 0 aliphatic carbocycles. The average Bonchev–Trinajstić information content (AvgIpc) is 3.19. The van der Waals surface area contributed by atoms with Gasteiger partial charge in [-0.15, -0.1) is 11.3 Å². The minimum Gasteiger partial charge on any atom is -0.449 e. The Bertz CT molecular complexity index is 1010. The van der Waals surface area contributed by atoms with Crippen molar-refractivity contribution in [3.8, 4) is 0 Å². The molecule has 1 aliphatic heterocycles. The first kappa shape index (κ1) is 19.4. The minimum absolute atomic E-state index is 0.212. The number of ether oxygens (including phenoxy) is 1. The van der Waals surface area contributed by atoms with Gasteiger partial charge in [-0.05, 0) is 26.8 Å². The van der Waals surface area contributed by atoms with Gasteiger partial charge in [-0.1, -0.05) is 23.7 Å². The van der Waals surface area contributed by atoms with Crippen molar-refractivity contribution in [3.05, 3.63) is 45.6 Å². The molecule has 0 spiro atoms. The van der Waals surface area contributed by atoms with Gasteiger partial charge in [0.1, 0.15) is 0 Å². The number of anilines is 1. The zero-order valence-corrected chi connectivity index (χ0v) is 17.6. The van der Waals surface area contributed by atoms with Crippen molar-refractivity contribution < 1.29 is 13.9 Å². The van der Waals surface area contributed by atoms with Gasteiger partial charge in [0.05, 0.1) is 22.9 Å². The Kier molecular flexibility index (Phi) is 5.42. The Morgan fingerprint density at radius 3 is 2.82 bits per heavy atom. The number of rotatable bonds is 4. The molecule has 1 saturated heterocycles. The Morgan fingerprint density at radius 1 is 1.36 bits per heavy atom. The number of hydrogen-bond donors (Lipinski definition) is 1. The predicted octanol–water partition coefficient (Wildman–Crippen LogP) is 4.71. The van der Waals surface area contributed by atoms with E-state index in [1.54, 1.807) is 6.07 Å². The summed E-state index contributed by atoms with van der Waals surface area (Å²) >= 11 is 7.58. The molecule has 0 bridgehead atoms. The van der Waals surface area contributed by atoms with Gasteiger partial charge in [-0.25, -0.2) is 4.98 Å². The minimum atomic E-state index is -0.320. The number of aromatic nitrogens is 1. The standard InChI is InChI=1S/C20H22ClN3O3S/c1-11-7-24(8-12(2)26-11)9-14-10-28-20(22-14)23-19(25)17-13(3)15-5-4-6-16(21)18(15)27-17/h4-6,10-12H,7-9H2,1-3H3,(H,22,23,25). The Hall–Kier alpha value is -1.93. The number of nitrogens with zero attached hydrogens (tertiary/aromatic N) is 2. The Balaban J connectivity index is 1.46. The SMILES string of the molecule is Cc1c(C(=O)Nc2nc(CN3CC(C)OC(C)C3)cs2)oc2c(Cl)cccc12. The lowest BCUT2D eigenvalue weighted by Crippen LogP contribution is -2.44. The number of fused-ring (bicyclic) bond motifs is 1. The van der Waals surface area contributed by atoms with Crippen LogP contribution in [-0.4, -0.2) is 41.1 Å². The van der Waals surface area contributed by atoms with Crippen molar-refractivity contribution in [2.75, 3.05) is 18.4 Å². The number of thiazole rings is 1. The van der Waals surface area contributed by atoms with E-state index in [1.165, 1.54) is 11.3 Å². The van der Waals surface area contributed by atoms with E-state index in [0.717, 1.165) is 36.3 Å². The third kappa shape index (κ3) is 3.93. The molecule has 1 N–H and O–H groups in total. The van der Waals surface area contributed by atoms with Crippen LogP contribution in [0.1, 0.15) is 35.7 Å². The molecular weight excluding hydrogens is 398 g/mol. The van der Waals surface area contributed by atoms with E-state index < -0.39 is 0 Å². The normalized spacial score (nSPS) is 20.6. The number of carbonyl (C=O) groups excluding carboxylic acids is 1. The third-order valence-electron chi connectivity index (χ3n) is 4.77. The molecule has 3 heterocycles. The van der Waals surface area contributed by atoms with Crippen LogP contribution in [0, 0.1) is 6.92 Å². The number of carbonyl (C=O) groups is 1. The van der Waals surface area contributed by atoms with Crippen LogP contribution < -0.4 is 5.32 Å². The van der Waals surface area contributed by atoms with Gasteiger partial charge < -0.3 is 9.15 Å². The first-order chi connectivity index (χ1) is 13.4. The monoisotopic (exact) mass is 419 g/mol. The van der Waals surface area contributed by atoms with E-state index >= 15 is 0 Å². The smallest absolute Gasteiger partial charge is 0.293 e. The number of hydrogen-bond acceptors (Lipinski definition) is 6. The maximum absolute atomic E-state index is 12.7. The molecule has 3 aromatic rings. The van der Waals surface area contributed by atoms with Gasteiger partial charge in [0.15, 0.2) is 16.5 Å². The number of furan rings is 1. The van der Waals surface area contributed by atoms with E-state index in [2.05, 4.69) is 29.0 Å². The van der Waals surface area contributed by atoms with Crippen LogP contribution in [0.25, 0.3) is 11.0 Å². The van der Waals surface area contributed by atoms with Crippen molar-refractivity contribution in [1.29, 1.82) is 0 Å². The fourth-order valence-corrected chi connectivity index (χ4v) is 4.57. The lowest BCUT2D eigenvalue weighted by Gasteiger charge is -2.34. The molecule has 4 rings (SSSR count). The summed E-state index contributed by atoms with van der Waals surface area (Å²) in [4.78, 5) is 19.6. The molecule has 1 fully saturated rings. The summed E-state index contributed by atoms with van der Waals surface area (Å²) in [6.45, 7) is 8.51. The van der Waals surface area contributed by atoms with Gasteiger partial charge in [0.25, 0.3) is 5.91 Å². The van der Waals surface area contributed by atoms with Gasteiger partial charge in [-0.2, -0.15) is 0 Å². The van der Waals surface area contributed by atoms with Crippen LogP contribution in [0.5, 0.6) is 0 Å². The lowest BCUT2D eigenvalue weighted by atomic mass is 10.1. The molecule has 6 nitrogen and oxygen atoms in total. The first-order valence-electron chi connectivity index (χ1n) is 9.22. The number of morpholine rings is 1. The Morgan fingerprint density at radius 2 is 2.11 bits per heavy atom. The molecule has 0 radical (unpaired) electrons. The second-order valence-electron chi connectivity index (χ2n) is 7.22. The van der Waals surface area contributed by atoms with E-state index in [-0.39, 0.29) is 23.9 Å². The van der Waals surface area contributed by atoms with E-state index in [1.807, 2.05) is 24.4 Å². The van der Waals surface area contributed by atoms with E-state index in [4.69, 9.17) is 20.8 Å². The molecule has 1 aliphatic rings. The maximum atomic E-state index is 12.7. The molecule has 8 heteroatoms. The average molecular weight is 420 g/mol. The summed E-state index contributed by atoms with van der Waals surface area (Å²) in [5, 5.41) is 6.71. The second-order valence-corrected chi connectivity index (χ2v) is 8.49. The summed E-state index contributed by atoms with van der Waals surface area (Å²) in [5.41, 5.74) is 2.23. The van der Waals surface area contributed by atoms with Gasteiger partial charge in [-0.3, -0.25) is 15.0 Å². The van der Waals surface area contributed by atoms with Crippen LogP contribution in [0.2, 0.25) is 5.02 Å². The quantitative estimate of drug-likeness (QED) is 0.663. The number of halogens is 1. The molecule has 2 unspecified atom stereocenters. The van der Waals surface area contributed by atoms with Crippen molar-refractivity contribution in [1.82, 2.24) is 9.88 Å². The molecule has 0 saturated carbocycles. The van der Waals surface area contributed by atoms with Crippen LogP contribution in [0.3, 0.4) is 0 Å². The van der Waals surface area contributed by atoms with Crippen molar-refractivity contribution >= 4 is 44.9 Å². The topological polar surface area (TPSA) is 67.6 Å². The molecular formula is C20H22ClN3O3S. The number of amides is 1. The van der Waals surface area contributed by atoms with Crippen molar-refractivity contribution in [2.45, 2.75) is 39.5 Å². The number of nitrogens with one attached hydrogen (secondary N) is 1. The second kappa shape index (κ2) is 7.83. The van der Waals surface area contributed by atoms with Gasteiger partial charge in [0.2, 0.25) is 0 Å². The van der Waals surface area contributed by atoms with Crippen LogP contribution in [-0.2, 0) is 11.3 Å². The number of aryl methyl sites for hydroxylation is 1. The van der Waals surface area contributed by atoms with Crippen LogP contribution in [0.4, 0.5) is 5.13 Å². The number of para-hydroxylation sites is 1. The molecule has 2 aromatic heterocycles. The molecule has 2 atom stereocenters. The predicted molar refractivity (Wildman–Crippen MR) is 111 cm³/mol. The zero-order chi connectivity index (χ0) is 19.8. The summed E-state index contributed by atoms with van der Waals surface area (Å²) in [6, 6.07) is 5.48. The highest BCUT2D eigenvalue weighted by Gasteiger charge is 2.23. The summed E-state index contributed by atoms with van der Waals surface area (Å²) in [6.07, 6.45) is 0.425. The zero-order valence-electron chi connectivity index (χ0n) is 16.0. The van der Waals surface area contributed by atoms with E-state index in [0.29, 0.717) is 15.7 Å². The largest absolute Gasteiger partial charge is 0.449 e. The summed E-state index contributed by atoms with van der Waals surface area (Å²) < 4.78 is 11.5. The van der Waals surface area contributed by atoms with Crippen molar-refractivity contribution in [3.63, 3.8) is 0 Å². The molecule has 1 amide bonds. The first-order valence-corrected chi connectivity index (χ1v) is 10.5. The Labute approximate surface area is 172 Å². The van der Waals surface area contributed by atoms with Gasteiger partial charge in [0, 0.05) is 36.0 Å². The molecule has 148 valence electrons. The fraction of sp³-hybridized carbons (Fsp3) is 0.400. The van der Waals surface area contributed by atoms with Gasteiger partial charge >= 0.3 is 0 Å². The third-order valence-corrected chi connectivity index (χ3v) is 5.88. The summed E-state index contributed by atoms with van der Waals surface area (Å²) in [7, 11) is 0.